The summed E-state index contributed by atoms with van der Waals surface area (Å²) in [6, 6.07) is 25.6. The molecular formula is C65H75N3O. The van der Waals surface area contributed by atoms with Crippen LogP contribution in [0.3, 0.4) is 0 Å². The summed E-state index contributed by atoms with van der Waals surface area (Å²) in [6.45, 7) is 11.9. The average Bonchev–Trinajstić information content (AvgIpc) is 0.728. The summed E-state index contributed by atoms with van der Waals surface area (Å²) in [5.74, 6) is -0.750. The van der Waals surface area contributed by atoms with Gasteiger partial charge in [-0.1, -0.05) is 183 Å². The highest BCUT2D eigenvalue weighted by molar-refractivity contribution is 5.97. The fraction of sp³-hybridized carbons (Fsp3) is 0.354. The van der Waals surface area contributed by atoms with Crippen LogP contribution in [0.1, 0.15) is 185 Å². The van der Waals surface area contributed by atoms with Crippen LogP contribution in [-0.2, 0) is 21.7 Å². The highest BCUT2D eigenvalue weighted by atomic mass is 16.3. The molecule has 0 saturated carbocycles. The van der Waals surface area contributed by atoms with Crippen LogP contribution in [0.2, 0.25) is 0 Å². The molecule has 356 valence electrons. The molecule has 0 fully saturated rings. The van der Waals surface area contributed by atoms with Gasteiger partial charge in [0.15, 0.2) is 0 Å². The Morgan fingerprint density at radius 3 is 1.90 bits per heavy atom. The summed E-state index contributed by atoms with van der Waals surface area (Å²) >= 11 is 0. The number of hydrogen-bond acceptors (Lipinski definition) is 3. The number of phenols is 1. The van der Waals surface area contributed by atoms with Gasteiger partial charge in [0.2, 0.25) is 0 Å². The molecule has 0 unspecified atom stereocenters. The number of aromatic hydroxyl groups is 1. The van der Waals surface area contributed by atoms with Crippen LogP contribution in [0.15, 0.2) is 127 Å². The lowest BCUT2D eigenvalue weighted by atomic mass is 9.79. The van der Waals surface area contributed by atoms with E-state index in [4.69, 9.17) is 25.0 Å². The third-order valence-electron chi connectivity index (χ3n) is 12.9. The van der Waals surface area contributed by atoms with Gasteiger partial charge in [-0.25, -0.2) is 4.98 Å². The Balaban J connectivity index is 1.44. The molecule has 2 heterocycles. The molecule has 8 rings (SSSR count). The highest BCUT2D eigenvalue weighted by Crippen LogP contribution is 2.46. The molecule has 6 aromatic carbocycles. The first kappa shape index (κ1) is 31.8. The summed E-state index contributed by atoms with van der Waals surface area (Å²) in [5, 5.41) is 12.7. The van der Waals surface area contributed by atoms with E-state index >= 15 is 0 Å². The monoisotopic (exact) mass is 931 g/mol. The molecule has 0 radical (unpaired) electrons. The van der Waals surface area contributed by atoms with Crippen molar-refractivity contribution in [1.29, 1.82) is 0 Å². The number of benzene rings is 6. The van der Waals surface area contributed by atoms with Gasteiger partial charge < -0.3 is 5.11 Å². The molecule has 0 amide bonds. The fourth-order valence-corrected chi connectivity index (χ4v) is 9.00. The Morgan fingerprint density at radius 2 is 1.26 bits per heavy atom. The van der Waals surface area contributed by atoms with Gasteiger partial charge in [-0.05, 0) is 150 Å². The van der Waals surface area contributed by atoms with Crippen LogP contribution in [0, 0.1) is 6.85 Å². The van der Waals surface area contributed by atoms with Gasteiger partial charge in [-0.15, -0.1) is 0 Å². The standard InChI is InChI=1S/C65H75N3O/c1-39(2)50-20-18-21-51(40(3)4)58(50)44-26-29-56(41(5)32-44)68-57-23-19-22-52(59(57)67-61(68)53-37-49(64(12,13)14)38-54(60(53)69)65(15,16)17)45-33-46(35-48(34-45)63(9,10)11)55-36-43(30-31-66-55)42-24-27-47(28-25-42)62(6,7)8/h18-40,69H,1-17H3/i5D3,6D3,7D3,8D3,24D,25D,27D,28D,39D. The van der Waals surface area contributed by atoms with Crippen molar-refractivity contribution < 1.29 is 28.4 Å². The zero-order valence-electron chi connectivity index (χ0n) is 59.2. The quantitative estimate of drug-likeness (QED) is 0.165. The summed E-state index contributed by atoms with van der Waals surface area (Å²) in [7, 11) is 0. The lowest BCUT2D eigenvalue weighted by Crippen LogP contribution is -2.17. The molecule has 0 aliphatic rings. The molecule has 0 aliphatic heterocycles. The predicted molar refractivity (Wildman–Crippen MR) is 295 cm³/mol. The predicted octanol–water partition coefficient (Wildman–Crippen LogP) is 18.2. The number of imidazole rings is 1. The van der Waals surface area contributed by atoms with E-state index in [1.807, 2.05) is 133 Å². The molecule has 4 heteroatoms. The number of hydrogen-bond donors (Lipinski definition) is 1. The fourth-order valence-electron chi connectivity index (χ4n) is 9.00. The molecule has 0 saturated heterocycles. The number of aryl methyl sites for hydroxylation is 1. The molecular weight excluding hydrogens is 839 g/mol. The zero-order chi connectivity index (χ0) is 64.5. The normalized spacial score (nSPS) is 17.2. The summed E-state index contributed by atoms with van der Waals surface area (Å²) in [6.07, 6.45) is 1.40. The molecule has 1 N–H and O–H groups in total. The molecule has 69 heavy (non-hydrogen) atoms. The maximum Gasteiger partial charge on any atom is 0.149 e. The van der Waals surface area contributed by atoms with Crippen molar-refractivity contribution in [1.82, 2.24) is 14.5 Å². The number of fused-ring (bicyclic) bond motifs is 1. The van der Waals surface area contributed by atoms with E-state index in [1.165, 1.54) is 18.3 Å². The second-order valence-corrected chi connectivity index (χ2v) is 22.0. The third kappa shape index (κ3) is 9.70. The maximum absolute atomic E-state index is 12.7. The Hall–Kier alpha value is -6.26. The molecule has 8 aromatic rings. The van der Waals surface area contributed by atoms with Gasteiger partial charge in [0.05, 0.1) is 33.5 Å². The summed E-state index contributed by atoms with van der Waals surface area (Å²) < 4.78 is 150. The van der Waals surface area contributed by atoms with Crippen LogP contribution in [0.25, 0.3) is 72.7 Å². The maximum atomic E-state index is 12.7. The SMILES string of the molecule is [2H]c1c([2H])c(C(C([2H])([2H])[2H])(C([2H])([2H])[2H])C([2H])([2H])[2H])c([2H])c([2H])c1-c1ccnc(-c2cc(-c3cccc4c3nc(-c3cc(C(C)(C)C)cc(C(C)(C)C)c3O)n4-c3ccc(-c4c(C(C)C)cccc4C([2H])(C)C)cc3C([2H])([2H])[2H])cc(C(C)(C)C)c2)c1. The van der Waals surface area contributed by atoms with Crippen LogP contribution < -0.4 is 0 Å². The van der Waals surface area contributed by atoms with Crippen molar-refractivity contribution in [2.24, 2.45) is 0 Å². The Labute approximate surface area is 437 Å². The van der Waals surface area contributed by atoms with E-state index in [9.17, 15) is 13.3 Å². The Kier molecular flexibility index (Phi) is 8.26. The van der Waals surface area contributed by atoms with Gasteiger partial charge in [-0.2, -0.15) is 0 Å². The van der Waals surface area contributed by atoms with Crippen molar-refractivity contribution in [2.75, 3.05) is 0 Å². The summed E-state index contributed by atoms with van der Waals surface area (Å²) in [5.41, 5.74) is 2.50. The molecule has 0 spiro atoms. The first-order valence-corrected chi connectivity index (χ1v) is 23.6. The number of para-hydroxylation sites is 1. The van der Waals surface area contributed by atoms with E-state index in [0.29, 0.717) is 55.8 Å². The number of pyridine rings is 1. The van der Waals surface area contributed by atoms with Crippen molar-refractivity contribution in [3.8, 4) is 67.5 Å². The molecule has 2 aromatic heterocycles. The summed E-state index contributed by atoms with van der Waals surface area (Å²) in [4.78, 5) is 10.2. The van der Waals surface area contributed by atoms with Crippen LogP contribution in [0.4, 0.5) is 0 Å². The van der Waals surface area contributed by atoms with Gasteiger partial charge >= 0.3 is 0 Å². The molecule has 0 atom stereocenters. The van der Waals surface area contributed by atoms with Crippen molar-refractivity contribution in [3.05, 3.63) is 166 Å². The smallest absolute Gasteiger partial charge is 0.149 e. The van der Waals surface area contributed by atoms with E-state index in [1.54, 1.807) is 12.1 Å². The number of nitrogens with zero attached hydrogens (tertiary/aromatic N) is 3. The topological polar surface area (TPSA) is 50.9 Å². The van der Waals surface area contributed by atoms with Crippen LogP contribution in [0.5, 0.6) is 5.75 Å². The van der Waals surface area contributed by atoms with Gasteiger partial charge in [0.25, 0.3) is 0 Å². The van der Waals surface area contributed by atoms with E-state index in [2.05, 4.69) is 34.6 Å². The second kappa shape index (κ2) is 17.9. The first-order chi connectivity index (χ1) is 39.2. The minimum absolute atomic E-state index is 0.0151. The lowest BCUT2D eigenvalue weighted by Gasteiger charge is -2.27. The molecule has 4 nitrogen and oxygen atoms in total. The number of rotatable bonds is 8. The van der Waals surface area contributed by atoms with Crippen molar-refractivity contribution in [2.45, 2.75) is 151 Å². The highest BCUT2D eigenvalue weighted by Gasteiger charge is 2.30. The third-order valence-corrected chi connectivity index (χ3v) is 12.9. The largest absolute Gasteiger partial charge is 0.507 e. The van der Waals surface area contributed by atoms with Crippen LogP contribution >= 0.6 is 0 Å². The van der Waals surface area contributed by atoms with Gasteiger partial charge in [-0.3, -0.25) is 9.55 Å². The first-order valence-electron chi connectivity index (χ1n) is 32.1. The van der Waals surface area contributed by atoms with Crippen LogP contribution in [-0.4, -0.2) is 19.6 Å². The van der Waals surface area contributed by atoms with E-state index in [-0.39, 0.29) is 34.2 Å². The minimum Gasteiger partial charge on any atom is -0.507 e. The van der Waals surface area contributed by atoms with E-state index < -0.39 is 84.7 Å². The van der Waals surface area contributed by atoms with Crippen molar-refractivity contribution >= 4 is 11.0 Å². The van der Waals surface area contributed by atoms with E-state index in [0.717, 1.165) is 27.8 Å². The Bertz CT molecular complexity index is 3900. The molecule has 0 bridgehead atoms. The Morgan fingerprint density at radius 1 is 0.594 bits per heavy atom. The second-order valence-electron chi connectivity index (χ2n) is 22.0. The minimum atomic E-state index is -3.84. The van der Waals surface area contributed by atoms with Gasteiger partial charge in [0, 0.05) is 40.7 Å². The molecule has 0 aliphatic carbocycles. The lowest BCUT2D eigenvalue weighted by molar-refractivity contribution is 0.446. The van der Waals surface area contributed by atoms with Gasteiger partial charge in [0.1, 0.15) is 11.6 Å². The number of aromatic nitrogens is 3. The average molecular weight is 931 g/mol. The number of phenolic OH excluding ortho intramolecular Hbond substituents is 1. The zero-order valence-corrected chi connectivity index (χ0v) is 42.2. The van der Waals surface area contributed by atoms with Crippen molar-refractivity contribution in [3.63, 3.8) is 0 Å².